The maximum atomic E-state index is 13.0. The molecule has 0 spiro atoms. The van der Waals surface area contributed by atoms with Gasteiger partial charge in [0.05, 0.1) is 12.1 Å². The molecule has 0 aliphatic heterocycles. The van der Waals surface area contributed by atoms with Crippen LogP contribution in [0.15, 0.2) is 30.3 Å². The summed E-state index contributed by atoms with van der Waals surface area (Å²) in [7, 11) is 0. The predicted octanol–water partition coefficient (Wildman–Crippen LogP) is -0.613. The van der Waals surface area contributed by atoms with Crippen LogP contribution in [-0.4, -0.2) is 75.3 Å². The first-order valence-corrected chi connectivity index (χ1v) is 11.6. The van der Waals surface area contributed by atoms with Gasteiger partial charge in [0.25, 0.3) is 0 Å². The van der Waals surface area contributed by atoms with E-state index in [4.69, 9.17) is 10.8 Å². The maximum Gasteiger partial charge on any atom is 0.328 e. The van der Waals surface area contributed by atoms with Crippen molar-refractivity contribution >= 4 is 29.7 Å². The van der Waals surface area contributed by atoms with Gasteiger partial charge < -0.3 is 37.0 Å². The Morgan fingerprint density at radius 2 is 1.42 bits per heavy atom. The summed E-state index contributed by atoms with van der Waals surface area (Å²) in [6, 6.07) is 3.86. The Hall–Kier alpha value is -3.51. The van der Waals surface area contributed by atoms with Gasteiger partial charge in [0.2, 0.25) is 17.7 Å². The number of hydrogen-bond acceptors (Lipinski definition) is 7. The zero-order chi connectivity index (χ0) is 27.4. The summed E-state index contributed by atoms with van der Waals surface area (Å²) >= 11 is 0. The summed E-state index contributed by atoms with van der Waals surface area (Å²) in [5.74, 6) is -5.06. The van der Waals surface area contributed by atoms with Crippen LogP contribution in [0.25, 0.3) is 0 Å². The zero-order valence-electron chi connectivity index (χ0n) is 20.6. The van der Waals surface area contributed by atoms with E-state index in [1.54, 1.807) is 38.1 Å². The molecule has 0 saturated carbocycles. The Balaban J connectivity index is 2.99. The van der Waals surface area contributed by atoms with E-state index in [2.05, 4.69) is 16.0 Å². The van der Waals surface area contributed by atoms with Crippen LogP contribution in [-0.2, 0) is 30.4 Å². The van der Waals surface area contributed by atoms with E-state index < -0.39 is 66.4 Å². The number of rotatable bonds is 15. The fraction of sp³-hybridized carbons (Fsp3) is 0.542. The number of carboxylic acids is 2. The number of amides is 3. The molecule has 5 atom stereocenters. The van der Waals surface area contributed by atoms with E-state index in [-0.39, 0.29) is 25.2 Å². The number of carbonyl (C=O) groups excluding carboxylic acids is 3. The highest BCUT2D eigenvalue weighted by Crippen LogP contribution is 2.09. The van der Waals surface area contributed by atoms with Crippen LogP contribution in [0.2, 0.25) is 0 Å². The molecule has 3 amide bonds. The number of benzene rings is 1. The molecule has 0 radical (unpaired) electrons. The van der Waals surface area contributed by atoms with Gasteiger partial charge in [-0.3, -0.25) is 19.2 Å². The van der Waals surface area contributed by atoms with Crippen LogP contribution < -0.4 is 21.7 Å². The van der Waals surface area contributed by atoms with E-state index in [9.17, 15) is 34.2 Å². The van der Waals surface area contributed by atoms with Gasteiger partial charge in [0.15, 0.2) is 6.04 Å². The van der Waals surface area contributed by atoms with Gasteiger partial charge >= 0.3 is 11.9 Å². The Morgan fingerprint density at radius 1 is 0.861 bits per heavy atom. The van der Waals surface area contributed by atoms with E-state index in [1.165, 1.54) is 6.92 Å². The number of carboxylic acid groups (broad SMARTS) is 2. The van der Waals surface area contributed by atoms with Crippen LogP contribution >= 0.6 is 0 Å². The molecule has 0 bridgehead atoms. The average Bonchev–Trinajstić information content (AvgIpc) is 2.78. The molecule has 0 heterocycles. The molecule has 0 saturated heterocycles. The number of nitrogens with two attached hydrogens (primary N) is 1. The second-order valence-electron chi connectivity index (χ2n) is 9.05. The molecule has 1 rings (SSSR count). The van der Waals surface area contributed by atoms with E-state index in [0.717, 1.165) is 5.56 Å². The molecule has 0 aromatic heterocycles. The van der Waals surface area contributed by atoms with E-state index in [0.29, 0.717) is 0 Å². The SMILES string of the molecule is CC(C)CC(NC(=O)C(CCC(=O)O)NC(=O)C(N)Cc1ccccc1)C(=O)NC(C(=O)O)C(C)O. The standard InChI is InChI=1S/C24H36N4O8/c1-13(2)11-18(23(34)28-20(14(3)29)24(35)36)27-22(33)17(9-10-19(30)31)26-21(32)16(25)12-15-7-5-4-6-8-15/h4-8,13-14,16-18,20,29H,9-12,25H2,1-3H3,(H,26,32)(H,27,33)(H,28,34)(H,30,31)(H,35,36). The molecule has 200 valence electrons. The van der Waals surface area contributed by atoms with Crippen molar-refractivity contribution in [1.29, 1.82) is 0 Å². The van der Waals surface area contributed by atoms with Gasteiger partial charge in [0, 0.05) is 6.42 Å². The van der Waals surface area contributed by atoms with Crippen molar-refractivity contribution in [3.63, 3.8) is 0 Å². The number of carbonyl (C=O) groups is 5. The summed E-state index contributed by atoms with van der Waals surface area (Å²) in [4.78, 5) is 60.9. The first-order valence-electron chi connectivity index (χ1n) is 11.6. The second kappa shape index (κ2) is 14.8. The normalized spacial score (nSPS) is 15.2. The summed E-state index contributed by atoms with van der Waals surface area (Å²) in [6.45, 7) is 4.76. The first-order chi connectivity index (χ1) is 16.8. The lowest BCUT2D eigenvalue weighted by Gasteiger charge is -2.26. The summed E-state index contributed by atoms with van der Waals surface area (Å²) in [5.41, 5.74) is 6.77. The highest BCUT2D eigenvalue weighted by atomic mass is 16.4. The number of aliphatic carboxylic acids is 2. The second-order valence-corrected chi connectivity index (χ2v) is 9.05. The third-order valence-electron chi connectivity index (χ3n) is 5.30. The molecule has 36 heavy (non-hydrogen) atoms. The zero-order valence-corrected chi connectivity index (χ0v) is 20.6. The lowest BCUT2D eigenvalue weighted by Crippen LogP contribution is -2.58. The number of aliphatic hydroxyl groups is 1. The monoisotopic (exact) mass is 508 g/mol. The quantitative estimate of drug-likeness (QED) is 0.161. The number of hydrogen-bond donors (Lipinski definition) is 7. The molecule has 8 N–H and O–H groups in total. The molecule has 12 nitrogen and oxygen atoms in total. The average molecular weight is 509 g/mol. The van der Waals surface area contributed by atoms with Crippen molar-refractivity contribution < 1.29 is 39.3 Å². The molecule has 12 heteroatoms. The Kier molecular flexibility index (Phi) is 12.5. The van der Waals surface area contributed by atoms with Gasteiger partial charge in [-0.1, -0.05) is 44.2 Å². The van der Waals surface area contributed by atoms with Crippen molar-refractivity contribution in [2.45, 2.75) is 76.7 Å². The Bertz CT molecular complexity index is 907. The Morgan fingerprint density at radius 3 is 1.92 bits per heavy atom. The smallest absolute Gasteiger partial charge is 0.328 e. The van der Waals surface area contributed by atoms with Crippen LogP contribution in [0.1, 0.15) is 45.6 Å². The van der Waals surface area contributed by atoms with Crippen molar-refractivity contribution in [2.24, 2.45) is 11.7 Å². The predicted molar refractivity (Wildman–Crippen MR) is 130 cm³/mol. The third-order valence-corrected chi connectivity index (χ3v) is 5.30. The van der Waals surface area contributed by atoms with E-state index >= 15 is 0 Å². The number of nitrogens with one attached hydrogen (secondary N) is 3. The summed E-state index contributed by atoms with van der Waals surface area (Å²) in [5, 5.41) is 35.1. The lowest BCUT2D eigenvalue weighted by molar-refractivity contribution is -0.145. The van der Waals surface area contributed by atoms with Crippen molar-refractivity contribution in [3.05, 3.63) is 35.9 Å². The topological polar surface area (TPSA) is 208 Å². The van der Waals surface area contributed by atoms with Gasteiger partial charge in [-0.15, -0.1) is 0 Å². The maximum absolute atomic E-state index is 13.0. The van der Waals surface area contributed by atoms with Gasteiger partial charge in [-0.05, 0) is 37.7 Å². The van der Waals surface area contributed by atoms with Crippen molar-refractivity contribution in [1.82, 2.24) is 16.0 Å². The highest BCUT2D eigenvalue weighted by Gasteiger charge is 2.32. The molecule has 0 aliphatic carbocycles. The minimum Gasteiger partial charge on any atom is -0.481 e. The van der Waals surface area contributed by atoms with Crippen LogP contribution in [0.4, 0.5) is 0 Å². The molecule has 0 fully saturated rings. The number of aliphatic hydroxyl groups excluding tert-OH is 1. The fourth-order valence-electron chi connectivity index (χ4n) is 3.39. The van der Waals surface area contributed by atoms with Crippen molar-refractivity contribution in [3.8, 4) is 0 Å². The van der Waals surface area contributed by atoms with Crippen LogP contribution in [0, 0.1) is 5.92 Å². The third kappa shape index (κ3) is 10.8. The van der Waals surface area contributed by atoms with E-state index in [1.807, 2.05) is 6.07 Å². The molecular weight excluding hydrogens is 472 g/mol. The van der Waals surface area contributed by atoms with Crippen LogP contribution in [0.5, 0.6) is 0 Å². The molecule has 1 aromatic rings. The summed E-state index contributed by atoms with van der Waals surface area (Å²) in [6.07, 6.45) is -1.77. The molecule has 0 aliphatic rings. The lowest BCUT2D eigenvalue weighted by atomic mass is 10.0. The van der Waals surface area contributed by atoms with Gasteiger partial charge in [0.1, 0.15) is 12.1 Å². The van der Waals surface area contributed by atoms with Crippen LogP contribution in [0.3, 0.4) is 0 Å². The van der Waals surface area contributed by atoms with Crippen molar-refractivity contribution in [2.75, 3.05) is 0 Å². The highest BCUT2D eigenvalue weighted by molar-refractivity contribution is 5.94. The minimum absolute atomic E-state index is 0.0952. The summed E-state index contributed by atoms with van der Waals surface area (Å²) < 4.78 is 0. The minimum atomic E-state index is -1.59. The molecule has 1 aromatic carbocycles. The Labute approximate surface area is 209 Å². The first kappa shape index (κ1) is 30.5. The van der Waals surface area contributed by atoms with Gasteiger partial charge in [-0.25, -0.2) is 4.79 Å². The largest absolute Gasteiger partial charge is 0.481 e. The van der Waals surface area contributed by atoms with Gasteiger partial charge in [-0.2, -0.15) is 0 Å². The molecular formula is C24H36N4O8. The fourth-order valence-corrected chi connectivity index (χ4v) is 3.39. The molecule has 5 unspecified atom stereocenters.